The van der Waals surface area contributed by atoms with Crippen LogP contribution < -0.4 is 0 Å². The van der Waals surface area contributed by atoms with Crippen molar-refractivity contribution in [3.05, 3.63) is 75.5 Å². The van der Waals surface area contributed by atoms with Gasteiger partial charge in [0.25, 0.3) is 0 Å². The summed E-state index contributed by atoms with van der Waals surface area (Å²) >= 11 is 0. The van der Waals surface area contributed by atoms with Crippen molar-refractivity contribution >= 4 is 17.3 Å². The van der Waals surface area contributed by atoms with Crippen LogP contribution in [0.5, 0.6) is 0 Å². The van der Waals surface area contributed by atoms with Crippen LogP contribution in [-0.2, 0) is 9.59 Å². The molecule has 6 nitrogen and oxygen atoms in total. The smallest absolute Gasteiger partial charge is 0.319 e. The largest absolute Gasteiger partial charge is 0.340 e. The summed E-state index contributed by atoms with van der Waals surface area (Å²) in [6.45, 7) is 1.71. The van der Waals surface area contributed by atoms with Gasteiger partial charge in [0, 0.05) is 7.05 Å². The molecule has 0 radical (unpaired) electrons. The third kappa shape index (κ3) is 1.95. The number of nitro groups is 1. The predicted octanol–water partition coefficient (Wildman–Crippen LogP) is 1.97. The van der Waals surface area contributed by atoms with Crippen molar-refractivity contribution < 1.29 is 14.5 Å². The Balaban J connectivity index is 2.37. The summed E-state index contributed by atoms with van der Waals surface area (Å²) in [4.78, 5) is 36.4. The topological polar surface area (TPSA) is 80.5 Å². The van der Waals surface area contributed by atoms with Crippen molar-refractivity contribution in [2.75, 3.05) is 7.05 Å². The summed E-state index contributed by atoms with van der Waals surface area (Å²) in [6, 6.07) is 8.77. The first-order chi connectivity index (χ1) is 10.9. The Morgan fingerprint density at radius 2 is 1.83 bits per heavy atom. The lowest BCUT2D eigenvalue weighted by Gasteiger charge is -2.37. The third-order valence-corrected chi connectivity index (χ3v) is 4.35. The van der Waals surface area contributed by atoms with Gasteiger partial charge in [-0.3, -0.25) is 19.7 Å². The zero-order valence-electron chi connectivity index (χ0n) is 12.6. The Kier molecular flexibility index (Phi) is 3.25. The van der Waals surface area contributed by atoms with E-state index in [2.05, 4.69) is 0 Å². The summed E-state index contributed by atoms with van der Waals surface area (Å²) < 4.78 is 0. The molecule has 6 heteroatoms. The van der Waals surface area contributed by atoms with Crippen LogP contribution in [-0.4, -0.2) is 34.1 Å². The van der Waals surface area contributed by atoms with Gasteiger partial charge >= 0.3 is 11.6 Å². The molecule has 116 valence electrons. The first kappa shape index (κ1) is 14.9. The van der Waals surface area contributed by atoms with Gasteiger partial charge in [-0.05, 0) is 36.3 Å². The fraction of sp³-hybridized carbons (Fsp3) is 0.176. The molecule has 1 unspecified atom stereocenters. The standard InChI is InChI=1S/C17H14N2O4/c1-11-10-13(20)8-9-17(11)14(12-6-4-3-5-7-12)15(19(22)23)16(21)18(17)2/h3-10H,1-2H3. The van der Waals surface area contributed by atoms with Gasteiger partial charge in [-0.15, -0.1) is 0 Å². The minimum atomic E-state index is -1.10. The predicted molar refractivity (Wildman–Crippen MR) is 83.8 cm³/mol. The molecular weight excluding hydrogens is 296 g/mol. The van der Waals surface area contributed by atoms with Crippen LogP contribution in [0.3, 0.4) is 0 Å². The van der Waals surface area contributed by atoms with Crippen molar-refractivity contribution in [3.63, 3.8) is 0 Å². The summed E-state index contributed by atoms with van der Waals surface area (Å²) in [5.74, 6) is -0.864. The Labute approximate surface area is 132 Å². The van der Waals surface area contributed by atoms with Crippen molar-refractivity contribution in [1.29, 1.82) is 0 Å². The lowest BCUT2D eigenvalue weighted by atomic mass is 9.77. The monoisotopic (exact) mass is 310 g/mol. The number of rotatable bonds is 2. The fourth-order valence-corrected chi connectivity index (χ4v) is 3.27. The quantitative estimate of drug-likeness (QED) is 0.618. The molecular formula is C17H14N2O4. The maximum absolute atomic E-state index is 12.5. The van der Waals surface area contributed by atoms with Crippen LogP contribution in [0, 0.1) is 10.1 Å². The number of allylic oxidation sites excluding steroid dienone is 2. The van der Waals surface area contributed by atoms with Gasteiger partial charge in [0.2, 0.25) is 0 Å². The van der Waals surface area contributed by atoms with E-state index in [1.807, 2.05) is 0 Å². The van der Waals surface area contributed by atoms with Gasteiger partial charge in [-0.2, -0.15) is 0 Å². The zero-order valence-corrected chi connectivity index (χ0v) is 12.6. The summed E-state index contributed by atoms with van der Waals surface area (Å²) in [5.41, 5.74) is -0.0897. The molecule has 0 N–H and O–H groups in total. The fourth-order valence-electron chi connectivity index (χ4n) is 3.27. The van der Waals surface area contributed by atoms with E-state index >= 15 is 0 Å². The number of likely N-dealkylation sites (N-methyl/N-ethyl adjacent to an activating group) is 1. The molecule has 1 spiro atoms. The highest BCUT2D eigenvalue weighted by molar-refractivity contribution is 6.11. The van der Waals surface area contributed by atoms with E-state index in [-0.39, 0.29) is 5.78 Å². The number of amides is 1. The van der Waals surface area contributed by atoms with Gasteiger partial charge in [0.1, 0.15) is 5.54 Å². The first-order valence-corrected chi connectivity index (χ1v) is 7.04. The molecule has 1 atom stereocenters. The number of ketones is 1. The van der Waals surface area contributed by atoms with Crippen molar-refractivity contribution in [3.8, 4) is 0 Å². The van der Waals surface area contributed by atoms with Crippen molar-refractivity contribution in [1.82, 2.24) is 4.90 Å². The van der Waals surface area contributed by atoms with E-state index in [9.17, 15) is 19.7 Å². The first-order valence-electron chi connectivity index (χ1n) is 7.04. The molecule has 1 aliphatic carbocycles. The Morgan fingerprint density at radius 1 is 1.17 bits per heavy atom. The van der Waals surface area contributed by atoms with Gasteiger partial charge in [0.05, 0.1) is 10.5 Å². The number of benzene rings is 1. The Hall–Kier alpha value is -3.02. The number of carbonyl (C=O) groups excluding carboxylic acids is 2. The molecule has 0 saturated heterocycles. The van der Waals surface area contributed by atoms with Crippen LogP contribution in [0.2, 0.25) is 0 Å². The average Bonchev–Trinajstić information content (AvgIpc) is 2.74. The lowest BCUT2D eigenvalue weighted by molar-refractivity contribution is -0.417. The third-order valence-electron chi connectivity index (χ3n) is 4.35. The minimum absolute atomic E-state index is 0.198. The van der Waals surface area contributed by atoms with Gasteiger partial charge in [-0.1, -0.05) is 30.3 Å². The lowest BCUT2D eigenvalue weighted by Crippen LogP contribution is -2.46. The Morgan fingerprint density at radius 3 is 2.39 bits per heavy atom. The van der Waals surface area contributed by atoms with E-state index in [1.54, 1.807) is 43.3 Å². The molecule has 0 saturated carbocycles. The van der Waals surface area contributed by atoms with E-state index in [1.165, 1.54) is 24.1 Å². The van der Waals surface area contributed by atoms with Gasteiger partial charge in [0.15, 0.2) is 5.78 Å². The molecule has 1 aromatic carbocycles. The highest BCUT2D eigenvalue weighted by Gasteiger charge is 2.56. The molecule has 0 fully saturated rings. The van der Waals surface area contributed by atoms with E-state index < -0.39 is 22.1 Å². The van der Waals surface area contributed by atoms with E-state index in [0.717, 1.165) is 0 Å². The molecule has 3 rings (SSSR count). The van der Waals surface area contributed by atoms with Gasteiger partial charge in [-0.25, -0.2) is 0 Å². The SMILES string of the molecule is CC1=CC(=O)C=CC12C(c1ccccc1)=C([N+](=O)[O-])C(=O)N2C. The van der Waals surface area contributed by atoms with Crippen LogP contribution in [0.4, 0.5) is 0 Å². The van der Waals surface area contributed by atoms with Crippen molar-refractivity contribution in [2.45, 2.75) is 12.5 Å². The van der Waals surface area contributed by atoms with Crippen LogP contribution in [0.1, 0.15) is 12.5 Å². The van der Waals surface area contributed by atoms with Crippen LogP contribution in [0.15, 0.2) is 59.8 Å². The average molecular weight is 310 g/mol. The molecule has 1 aromatic rings. The summed E-state index contributed by atoms with van der Waals surface area (Å²) in [6.07, 6.45) is 4.33. The zero-order chi connectivity index (χ0) is 16.8. The maximum Gasteiger partial charge on any atom is 0.340 e. The molecule has 0 bridgehead atoms. The molecule has 1 amide bonds. The highest BCUT2D eigenvalue weighted by Crippen LogP contribution is 2.47. The molecule has 1 heterocycles. The van der Waals surface area contributed by atoms with E-state index in [4.69, 9.17) is 0 Å². The molecule has 1 aliphatic heterocycles. The summed E-state index contributed by atoms with van der Waals surface area (Å²) in [5, 5.41) is 11.5. The van der Waals surface area contributed by atoms with Crippen LogP contribution >= 0.6 is 0 Å². The van der Waals surface area contributed by atoms with E-state index in [0.29, 0.717) is 16.7 Å². The normalized spacial score (nSPS) is 23.7. The number of nitrogens with zero attached hydrogens (tertiary/aromatic N) is 2. The highest BCUT2D eigenvalue weighted by atomic mass is 16.6. The van der Waals surface area contributed by atoms with Crippen LogP contribution in [0.25, 0.3) is 5.57 Å². The van der Waals surface area contributed by atoms with Crippen molar-refractivity contribution in [2.24, 2.45) is 0 Å². The second kappa shape index (κ2) is 5.01. The molecule has 23 heavy (non-hydrogen) atoms. The number of hydrogen-bond donors (Lipinski definition) is 0. The van der Waals surface area contributed by atoms with Gasteiger partial charge < -0.3 is 4.90 Å². The second-order valence-electron chi connectivity index (χ2n) is 5.54. The number of hydrogen-bond acceptors (Lipinski definition) is 4. The second-order valence-corrected chi connectivity index (χ2v) is 5.54. The number of carbonyl (C=O) groups is 2. The maximum atomic E-state index is 12.5. The molecule has 2 aliphatic rings. The summed E-state index contributed by atoms with van der Waals surface area (Å²) in [7, 11) is 1.51. The minimum Gasteiger partial charge on any atom is -0.319 e. The molecule has 0 aromatic heterocycles. The Bertz CT molecular complexity index is 820.